The number of benzene rings is 2. The highest BCUT2D eigenvalue weighted by atomic mass is 24.3. The molecule has 2 aromatic carbocycles. The third-order valence-electron chi connectivity index (χ3n) is 3.68. The Bertz CT molecular complexity index is 936. The Hall–Kier alpha value is -2.37. The van der Waals surface area contributed by atoms with E-state index in [1.54, 1.807) is 12.1 Å². The summed E-state index contributed by atoms with van der Waals surface area (Å²) in [5, 5.41) is 20.8. The lowest BCUT2D eigenvalue weighted by Crippen LogP contribution is -1.82. The smallest absolute Gasteiger partial charge is 0.316 e. The van der Waals surface area contributed by atoms with Gasteiger partial charge in [0.05, 0.1) is 0 Å². The number of phenols is 2. The van der Waals surface area contributed by atoms with Crippen molar-refractivity contribution in [2.75, 3.05) is 0 Å². The van der Waals surface area contributed by atoms with E-state index in [1.165, 1.54) is 0 Å². The maximum atomic E-state index is 9.43. The Balaban J connectivity index is 0.000000173. The average Bonchev–Trinajstić information content (AvgIpc) is 2.57. The Morgan fingerprint density at radius 2 is 1.00 bits per heavy atom. The number of hydrogen-bond acceptors (Lipinski definition) is 4. The quantitative estimate of drug-likeness (QED) is 0.478. The highest BCUT2D eigenvalue weighted by Crippen LogP contribution is 2.22. The first kappa shape index (κ1) is 19.0. The third-order valence-corrected chi connectivity index (χ3v) is 3.68. The van der Waals surface area contributed by atoms with E-state index in [2.05, 4.69) is 9.97 Å². The van der Waals surface area contributed by atoms with Crippen molar-refractivity contribution >= 4 is 44.9 Å². The molecule has 0 saturated carbocycles. The van der Waals surface area contributed by atoms with Crippen molar-refractivity contribution in [3.05, 3.63) is 72.1 Å². The molecule has 0 saturated heterocycles. The molecule has 2 N–H and O–H groups in total. The second kappa shape index (κ2) is 8.14. The Morgan fingerprint density at radius 3 is 1.40 bits per heavy atom. The zero-order chi connectivity index (χ0) is 17.1. The van der Waals surface area contributed by atoms with Gasteiger partial charge in [0, 0.05) is 22.2 Å². The molecule has 0 bridgehead atoms. The van der Waals surface area contributed by atoms with Crippen molar-refractivity contribution in [3.63, 3.8) is 0 Å². The van der Waals surface area contributed by atoms with Crippen LogP contribution in [0.3, 0.4) is 0 Å². The van der Waals surface area contributed by atoms with Crippen LogP contribution in [0.1, 0.15) is 11.4 Å². The van der Waals surface area contributed by atoms with E-state index < -0.39 is 0 Å². The third kappa shape index (κ3) is 4.38. The molecule has 0 radical (unpaired) electrons. The molecule has 0 amide bonds. The highest BCUT2D eigenvalue weighted by molar-refractivity contribution is 5.84. The van der Waals surface area contributed by atoms with Crippen molar-refractivity contribution in [3.8, 4) is 11.5 Å². The van der Waals surface area contributed by atoms with Gasteiger partial charge in [-0.15, -0.1) is 0 Å². The summed E-state index contributed by atoms with van der Waals surface area (Å²) < 4.78 is 0. The molecule has 2 heterocycles. The summed E-state index contributed by atoms with van der Waals surface area (Å²) in [5.74, 6) is 0.493. The summed E-state index contributed by atoms with van der Waals surface area (Å²) in [6, 6.07) is 18.6. The molecule has 0 aliphatic heterocycles. The molecule has 0 spiro atoms. The zero-order valence-corrected chi connectivity index (χ0v) is 13.6. The summed E-state index contributed by atoms with van der Waals surface area (Å²) in [7, 11) is 0. The molecule has 0 aliphatic rings. The minimum absolute atomic E-state index is 0. The van der Waals surface area contributed by atoms with Crippen LogP contribution in [-0.2, 0) is 0 Å². The molecule has 0 atom stereocenters. The fraction of sp³-hybridized carbons (Fsp3) is 0.100. The number of phenolic OH excluding ortho intramolecular Hbond substituents is 2. The number of aromatic nitrogens is 2. The maximum Gasteiger partial charge on any atom is 0.316 e. The second-order valence-electron chi connectivity index (χ2n) is 5.60. The normalized spacial score (nSPS) is 10.0. The van der Waals surface area contributed by atoms with Crippen molar-refractivity contribution in [2.24, 2.45) is 0 Å². The molecule has 2 aromatic heterocycles. The number of aromatic hydroxyl groups is 2. The first-order valence-electron chi connectivity index (χ1n) is 7.65. The summed E-state index contributed by atoms with van der Waals surface area (Å²) in [6.07, 6.45) is 0. The van der Waals surface area contributed by atoms with Gasteiger partial charge in [-0.25, -0.2) is 9.97 Å². The number of rotatable bonds is 0. The standard InChI is InChI=1S/2C10H9NO.Mg.2H/c2*1-7-5-6-8-3-2-4-9(12)10(8)11-7;;;/h2*2-6,12H,1H3;;;. The topological polar surface area (TPSA) is 66.2 Å². The molecule has 25 heavy (non-hydrogen) atoms. The van der Waals surface area contributed by atoms with E-state index in [9.17, 15) is 10.2 Å². The van der Waals surface area contributed by atoms with Crippen molar-refractivity contribution in [1.82, 2.24) is 9.97 Å². The minimum atomic E-state index is 0. The fourth-order valence-electron chi connectivity index (χ4n) is 2.46. The van der Waals surface area contributed by atoms with E-state index in [-0.39, 0.29) is 34.6 Å². The van der Waals surface area contributed by atoms with E-state index in [0.717, 1.165) is 22.2 Å². The zero-order valence-electron chi connectivity index (χ0n) is 13.6. The van der Waals surface area contributed by atoms with Crippen LogP contribution in [0.25, 0.3) is 21.8 Å². The summed E-state index contributed by atoms with van der Waals surface area (Å²) in [6.45, 7) is 3.82. The predicted octanol–water partition coefficient (Wildman–Crippen LogP) is 3.58. The molecule has 5 heteroatoms. The lowest BCUT2D eigenvalue weighted by molar-refractivity contribution is 0.480. The van der Waals surface area contributed by atoms with Crippen LogP contribution in [0, 0.1) is 13.8 Å². The summed E-state index contributed by atoms with van der Waals surface area (Å²) >= 11 is 0. The molecule has 0 fully saturated rings. The number of aryl methyl sites for hydroxylation is 2. The monoisotopic (exact) mass is 344 g/mol. The first-order chi connectivity index (χ1) is 11.5. The fourth-order valence-corrected chi connectivity index (χ4v) is 2.46. The first-order valence-corrected chi connectivity index (χ1v) is 7.65. The predicted molar refractivity (Wildman–Crippen MR) is 105 cm³/mol. The van der Waals surface area contributed by atoms with Gasteiger partial charge in [-0.05, 0) is 38.1 Å². The van der Waals surface area contributed by atoms with Crippen molar-refractivity contribution < 1.29 is 10.2 Å². The van der Waals surface area contributed by atoms with Crippen LogP contribution < -0.4 is 0 Å². The Morgan fingerprint density at radius 1 is 0.600 bits per heavy atom. The summed E-state index contributed by atoms with van der Waals surface area (Å²) in [5.41, 5.74) is 3.20. The van der Waals surface area contributed by atoms with Gasteiger partial charge in [0.25, 0.3) is 0 Å². The van der Waals surface area contributed by atoms with Gasteiger partial charge in [-0.3, -0.25) is 0 Å². The van der Waals surface area contributed by atoms with Crippen LogP contribution in [0.2, 0.25) is 0 Å². The van der Waals surface area contributed by atoms with Crippen LogP contribution >= 0.6 is 0 Å². The molecular weight excluding hydrogens is 325 g/mol. The van der Waals surface area contributed by atoms with Crippen LogP contribution in [0.15, 0.2) is 60.7 Å². The van der Waals surface area contributed by atoms with Gasteiger partial charge in [-0.2, -0.15) is 0 Å². The van der Waals surface area contributed by atoms with Gasteiger partial charge < -0.3 is 10.2 Å². The van der Waals surface area contributed by atoms with Crippen LogP contribution in [0.5, 0.6) is 11.5 Å². The van der Waals surface area contributed by atoms with Gasteiger partial charge in [0.2, 0.25) is 0 Å². The molecular formula is C20H20MgN2O2. The Labute approximate surface area is 162 Å². The number of pyridine rings is 2. The number of para-hydroxylation sites is 2. The lowest BCUT2D eigenvalue weighted by Gasteiger charge is -1.99. The van der Waals surface area contributed by atoms with E-state index in [4.69, 9.17) is 0 Å². The van der Waals surface area contributed by atoms with Crippen molar-refractivity contribution in [1.29, 1.82) is 0 Å². The number of hydrogen-bond donors (Lipinski definition) is 2. The summed E-state index contributed by atoms with van der Waals surface area (Å²) in [4.78, 5) is 8.45. The second-order valence-corrected chi connectivity index (χ2v) is 5.60. The van der Waals surface area contributed by atoms with Crippen LogP contribution in [-0.4, -0.2) is 43.2 Å². The van der Waals surface area contributed by atoms with Gasteiger partial charge in [0.1, 0.15) is 22.5 Å². The molecule has 124 valence electrons. The van der Waals surface area contributed by atoms with Crippen molar-refractivity contribution in [2.45, 2.75) is 13.8 Å². The number of fused-ring (bicyclic) bond motifs is 2. The van der Waals surface area contributed by atoms with E-state index in [1.807, 2.05) is 62.4 Å². The molecule has 4 nitrogen and oxygen atoms in total. The van der Waals surface area contributed by atoms with E-state index in [0.29, 0.717) is 11.0 Å². The minimum Gasteiger partial charge on any atom is -0.506 e. The molecule has 4 rings (SSSR count). The molecule has 4 aromatic rings. The molecule has 0 aliphatic carbocycles. The lowest BCUT2D eigenvalue weighted by atomic mass is 10.2. The molecule has 0 unspecified atom stereocenters. The largest absolute Gasteiger partial charge is 0.506 e. The highest BCUT2D eigenvalue weighted by Gasteiger charge is 1.99. The average molecular weight is 345 g/mol. The van der Waals surface area contributed by atoms with Gasteiger partial charge in [-0.1, -0.05) is 36.4 Å². The van der Waals surface area contributed by atoms with Gasteiger partial charge in [0.15, 0.2) is 0 Å². The van der Waals surface area contributed by atoms with Gasteiger partial charge >= 0.3 is 23.1 Å². The number of nitrogens with zero attached hydrogens (tertiary/aromatic N) is 2. The maximum absolute atomic E-state index is 9.43. The SMILES string of the molecule is Cc1ccc2cccc(O)c2n1.Cc1ccc2cccc(O)c2n1.[MgH2]. The van der Waals surface area contributed by atoms with Crippen LogP contribution in [0.4, 0.5) is 0 Å². The van der Waals surface area contributed by atoms with E-state index >= 15 is 0 Å². The Kier molecular flexibility index (Phi) is 6.17.